The smallest absolute Gasteiger partial charge is 0.282 e. The highest BCUT2D eigenvalue weighted by molar-refractivity contribution is 6.45. The zero-order chi connectivity index (χ0) is 22.3. The highest BCUT2D eigenvalue weighted by Gasteiger charge is 2.43. The molecular weight excluding hydrogens is 388 g/mol. The summed E-state index contributed by atoms with van der Waals surface area (Å²) in [6.45, 7) is 9.37. The molecule has 0 radical (unpaired) electrons. The predicted octanol–water partition coefficient (Wildman–Crippen LogP) is 3.91. The first-order chi connectivity index (χ1) is 14.8. The van der Waals surface area contributed by atoms with Gasteiger partial charge in [-0.25, -0.2) is 4.90 Å². The van der Waals surface area contributed by atoms with E-state index >= 15 is 0 Å². The van der Waals surface area contributed by atoms with Crippen LogP contribution in [-0.2, 0) is 9.59 Å². The predicted molar refractivity (Wildman–Crippen MR) is 123 cm³/mol. The normalized spacial score (nSPS) is 19.6. The van der Waals surface area contributed by atoms with E-state index < -0.39 is 0 Å². The second-order valence-corrected chi connectivity index (χ2v) is 8.82. The van der Waals surface area contributed by atoms with Crippen LogP contribution in [0.25, 0.3) is 5.57 Å². The summed E-state index contributed by atoms with van der Waals surface area (Å²) in [6.07, 6.45) is 1.82. The molecule has 1 atom stereocenters. The van der Waals surface area contributed by atoms with E-state index in [1.807, 2.05) is 69.0 Å². The Kier molecular flexibility index (Phi) is 5.71. The van der Waals surface area contributed by atoms with Gasteiger partial charge in [-0.3, -0.25) is 9.59 Å². The number of nitrogens with zero attached hydrogens (tertiary/aromatic N) is 2. The number of aliphatic hydroxyl groups is 1. The van der Waals surface area contributed by atoms with E-state index in [4.69, 9.17) is 0 Å². The van der Waals surface area contributed by atoms with Crippen LogP contribution in [0.3, 0.4) is 0 Å². The van der Waals surface area contributed by atoms with Crippen molar-refractivity contribution in [3.63, 3.8) is 0 Å². The molecule has 1 saturated heterocycles. The lowest BCUT2D eigenvalue weighted by atomic mass is 9.96. The van der Waals surface area contributed by atoms with Gasteiger partial charge >= 0.3 is 0 Å². The van der Waals surface area contributed by atoms with Gasteiger partial charge in [0.2, 0.25) is 0 Å². The maximum atomic E-state index is 13.8. The van der Waals surface area contributed by atoms with Crippen LogP contribution in [-0.4, -0.2) is 41.5 Å². The van der Waals surface area contributed by atoms with Crippen LogP contribution in [0.4, 0.5) is 5.69 Å². The molecule has 0 aromatic heterocycles. The molecule has 0 spiro atoms. The van der Waals surface area contributed by atoms with Gasteiger partial charge < -0.3 is 10.0 Å². The van der Waals surface area contributed by atoms with Crippen LogP contribution < -0.4 is 4.90 Å². The molecule has 2 aliphatic rings. The minimum Gasteiger partial charge on any atom is -0.396 e. The summed E-state index contributed by atoms with van der Waals surface area (Å²) in [5, 5.41) is 9.71. The quantitative estimate of drug-likeness (QED) is 0.765. The van der Waals surface area contributed by atoms with Crippen LogP contribution in [0.5, 0.6) is 0 Å². The SMILES string of the molecule is Cc1ccc(C2=C(N3CCCC(CO)C3)C(=O)N(c3cccc(C)c3C)C2=O)cc1C. The number of benzene rings is 2. The summed E-state index contributed by atoms with van der Waals surface area (Å²) in [5.41, 5.74) is 6.54. The van der Waals surface area contributed by atoms with E-state index in [1.165, 1.54) is 4.90 Å². The van der Waals surface area contributed by atoms with Gasteiger partial charge in [-0.2, -0.15) is 0 Å². The van der Waals surface area contributed by atoms with Crippen molar-refractivity contribution in [1.82, 2.24) is 4.90 Å². The Morgan fingerprint density at radius 1 is 0.968 bits per heavy atom. The van der Waals surface area contributed by atoms with Crippen LogP contribution in [0, 0.1) is 33.6 Å². The number of carbonyl (C=O) groups excluding carboxylic acids is 2. The summed E-state index contributed by atoms with van der Waals surface area (Å²) in [4.78, 5) is 30.9. The zero-order valence-corrected chi connectivity index (χ0v) is 18.7. The van der Waals surface area contributed by atoms with Crippen LogP contribution in [0.1, 0.15) is 40.7 Å². The zero-order valence-electron chi connectivity index (χ0n) is 18.7. The number of amides is 2. The number of piperidine rings is 1. The Morgan fingerprint density at radius 2 is 1.74 bits per heavy atom. The third-order valence-corrected chi connectivity index (χ3v) is 6.77. The molecule has 4 rings (SSSR count). The van der Waals surface area contributed by atoms with Gasteiger partial charge in [-0.05, 0) is 80.3 Å². The summed E-state index contributed by atoms with van der Waals surface area (Å²) >= 11 is 0. The highest BCUT2D eigenvalue weighted by atomic mass is 16.3. The van der Waals surface area contributed by atoms with Crippen molar-refractivity contribution in [3.05, 3.63) is 69.9 Å². The fourth-order valence-corrected chi connectivity index (χ4v) is 4.58. The standard InChI is InChI=1S/C26H30N2O3/c1-16-10-11-21(13-18(16)3)23-24(27-12-6-8-20(14-27)15-29)26(31)28(25(23)30)22-9-5-7-17(2)19(22)4/h5,7,9-11,13,20,29H,6,8,12,14-15H2,1-4H3. The molecule has 1 fully saturated rings. The molecule has 31 heavy (non-hydrogen) atoms. The first-order valence-electron chi connectivity index (χ1n) is 11.0. The molecule has 1 N–H and O–H groups in total. The molecule has 2 aromatic rings. The Hall–Kier alpha value is -2.92. The molecule has 2 aliphatic heterocycles. The number of hydrogen-bond donors (Lipinski definition) is 1. The lowest BCUT2D eigenvalue weighted by Gasteiger charge is -2.34. The maximum Gasteiger partial charge on any atom is 0.282 e. The average molecular weight is 419 g/mol. The Morgan fingerprint density at radius 3 is 2.45 bits per heavy atom. The van der Waals surface area contributed by atoms with Gasteiger partial charge in [0.1, 0.15) is 5.70 Å². The fraction of sp³-hybridized carbons (Fsp3) is 0.385. The van der Waals surface area contributed by atoms with Crippen LogP contribution >= 0.6 is 0 Å². The summed E-state index contributed by atoms with van der Waals surface area (Å²) in [7, 11) is 0. The number of aryl methyl sites for hydroxylation is 3. The van der Waals surface area contributed by atoms with E-state index in [9.17, 15) is 14.7 Å². The number of carbonyl (C=O) groups is 2. The van der Waals surface area contributed by atoms with E-state index in [-0.39, 0.29) is 24.3 Å². The van der Waals surface area contributed by atoms with Crippen LogP contribution in [0.15, 0.2) is 42.1 Å². The Labute approximate surface area is 184 Å². The van der Waals surface area contributed by atoms with Crippen molar-refractivity contribution >= 4 is 23.1 Å². The Bertz CT molecular complexity index is 1090. The van der Waals surface area contributed by atoms with Gasteiger partial charge in [0, 0.05) is 19.7 Å². The summed E-state index contributed by atoms with van der Waals surface area (Å²) < 4.78 is 0. The molecule has 5 heteroatoms. The Balaban J connectivity index is 1.87. The van der Waals surface area contributed by atoms with Gasteiger partial charge in [0.25, 0.3) is 11.8 Å². The van der Waals surface area contributed by atoms with E-state index in [0.29, 0.717) is 30.0 Å². The lowest BCUT2D eigenvalue weighted by molar-refractivity contribution is -0.120. The van der Waals surface area contributed by atoms with Crippen molar-refractivity contribution in [2.24, 2.45) is 5.92 Å². The number of likely N-dealkylation sites (tertiary alicyclic amines) is 1. The summed E-state index contributed by atoms with van der Waals surface area (Å²) in [5.74, 6) is -0.437. The molecule has 0 aliphatic carbocycles. The third kappa shape index (κ3) is 3.68. The van der Waals surface area contributed by atoms with Gasteiger partial charge in [-0.1, -0.05) is 30.3 Å². The van der Waals surface area contributed by atoms with E-state index in [2.05, 4.69) is 0 Å². The molecule has 162 valence electrons. The molecule has 2 heterocycles. The van der Waals surface area contributed by atoms with Crippen molar-refractivity contribution < 1.29 is 14.7 Å². The number of anilines is 1. The van der Waals surface area contributed by atoms with Crippen molar-refractivity contribution in [2.75, 3.05) is 24.6 Å². The largest absolute Gasteiger partial charge is 0.396 e. The number of hydrogen-bond acceptors (Lipinski definition) is 4. The minimum atomic E-state index is -0.275. The van der Waals surface area contributed by atoms with Gasteiger partial charge in [0.15, 0.2) is 0 Å². The van der Waals surface area contributed by atoms with Crippen molar-refractivity contribution in [1.29, 1.82) is 0 Å². The highest BCUT2D eigenvalue weighted by Crippen LogP contribution is 2.38. The maximum absolute atomic E-state index is 13.8. The van der Waals surface area contributed by atoms with Crippen molar-refractivity contribution in [2.45, 2.75) is 40.5 Å². The fourth-order valence-electron chi connectivity index (χ4n) is 4.58. The summed E-state index contributed by atoms with van der Waals surface area (Å²) in [6, 6.07) is 11.6. The first-order valence-corrected chi connectivity index (χ1v) is 11.0. The average Bonchev–Trinajstić information content (AvgIpc) is 3.02. The second-order valence-electron chi connectivity index (χ2n) is 8.82. The molecule has 0 bridgehead atoms. The van der Waals surface area contributed by atoms with E-state index in [0.717, 1.165) is 40.7 Å². The van der Waals surface area contributed by atoms with Crippen molar-refractivity contribution in [3.8, 4) is 0 Å². The number of imide groups is 1. The molecule has 2 aromatic carbocycles. The van der Waals surface area contributed by atoms with Gasteiger partial charge in [0.05, 0.1) is 11.3 Å². The molecule has 5 nitrogen and oxygen atoms in total. The van der Waals surface area contributed by atoms with Gasteiger partial charge in [-0.15, -0.1) is 0 Å². The third-order valence-electron chi connectivity index (χ3n) is 6.77. The van der Waals surface area contributed by atoms with Crippen LogP contribution in [0.2, 0.25) is 0 Å². The molecular formula is C26H30N2O3. The lowest BCUT2D eigenvalue weighted by Crippen LogP contribution is -2.40. The molecule has 0 saturated carbocycles. The second kappa shape index (κ2) is 8.31. The topological polar surface area (TPSA) is 60.9 Å². The monoisotopic (exact) mass is 418 g/mol. The number of rotatable bonds is 4. The first kappa shape index (κ1) is 21.3. The number of aliphatic hydroxyl groups excluding tert-OH is 1. The minimum absolute atomic E-state index is 0.0889. The van der Waals surface area contributed by atoms with E-state index in [1.54, 1.807) is 0 Å². The molecule has 2 amide bonds. The molecule has 1 unspecified atom stereocenters.